The summed E-state index contributed by atoms with van der Waals surface area (Å²) in [6.45, 7) is 7.60. The van der Waals surface area contributed by atoms with Crippen molar-refractivity contribution < 1.29 is 23.2 Å². The molecule has 0 atom stereocenters. The zero-order chi connectivity index (χ0) is 26.7. The molecule has 1 saturated heterocycles. The highest BCUT2D eigenvalue weighted by Crippen LogP contribution is 2.30. The molecule has 0 unspecified atom stereocenters. The number of nitrogens with zero attached hydrogens (tertiary/aromatic N) is 4. The Kier molecular flexibility index (Phi) is 6.87. The fourth-order valence-corrected chi connectivity index (χ4v) is 4.20. The Morgan fingerprint density at radius 1 is 0.921 bits per heavy atom. The number of benzene rings is 2. The highest BCUT2D eigenvalue weighted by molar-refractivity contribution is 6.08. The Balaban J connectivity index is 1.38. The lowest BCUT2D eigenvalue weighted by atomic mass is 10.0. The number of hydrogen-bond acceptors (Lipinski definition) is 8. The number of hydrogen-bond donors (Lipinski definition) is 1. The Hall–Kier alpha value is -4.60. The van der Waals surface area contributed by atoms with Crippen molar-refractivity contribution in [2.45, 2.75) is 26.4 Å². The Labute approximate surface area is 220 Å². The van der Waals surface area contributed by atoms with E-state index in [1.165, 1.54) is 6.26 Å². The summed E-state index contributed by atoms with van der Waals surface area (Å²) in [6.07, 6.45) is 1.17. The van der Waals surface area contributed by atoms with Gasteiger partial charge in [-0.2, -0.15) is 0 Å². The number of carbonyl (C=O) groups excluding carboxylic acids is 2. The zero-order valence-corrected chi connectivity index (χ0v) is 21.5. The van der Waals surface area contributed by atoms with Crippen molar-refractivity contribution in [1.29, 1.82) is 0 Å². The predicted octanol–water partition coefficient (Wildman–Crippen LogP) is 5.31. The van der Waals surface area contributed by atoms with E-state index < -0.39 is 5.60 Å². The Morgan fingerprint density at radius 2 is 1.68 bits per heavy atom. The van der Waals surface area contributed by atoms with E-state index in [0.717, 1.165) is 16.8 Å². The quantitative estimate of drug-likeness (QED) is 0.381. The summed E-state index contributed by atoms with van der Waals surface area (Å²) in [7, 11) is 0. The van der Waals surface area contributed by atoms with E-state index in [0.29, 0.717) is 37.5 Å². The van der Waals surface area contributed by atoms with Crippen molar-refractivity contribution in [3.05, 3.63) is 72.5 Å². The van der Waals surface area contributed by atoms with E-state index in [2.05, 4.69) is 20.4 Å². The second-order valence-corrected chi connectivity index (χ2v) is 9.90. The number of piperazine rings is 1. The van der Waals surface area contributed by atoms with Gasteiger partial charge < -0.3 is 23.4 Å². The number of nitrogens with one attached hydrogen (secondary N) is 1. The molecule has 0 aliphatic carbocycles. The third-order valence-corrected chi connectivity index (χ3v) is 6.00. The van der Waals surface area contributed by atoms with E-state index in [4.69, 9.17) is 13.6 Å². The van der Waals surface area contributed by atoms with Crippen LogP contribution in [0.4, 0.5) is 16.5 Å². The highest BCUT2D eigenvalue weighted by atomic mass is 16.6. The van der Waals surface area contributed by atoms with Crippen molar-refractivity contribution in [3.8, 4) is 22.8 Å². The maximum absolute atomic E-state index is 13.5. The van der Waals surface area contributed by atoms with Crippen LogP contribution in [0.2, 0.25) is 0 Å². The summed E-state index contributed by atoms with van der Waals surface area (Å²) in [6, 6.07) is 19.0. The number of amides is 2. The van der Waals surface area contributed by atoms with Crippen molar-refractivity contribution in [2.75, 3.05) is 36.4 Å². The fraction of sp³-hybridized carbons (Fsp3) is 0.286. The average molecular weight is 516 g/mol. The van der Waals surface area contributed by atoms with Gasteiger partial charge in [-0.3, -0.25) is 10.1 Å². The molecule has 0 bridgehead atoms. The lowest BCUT2D eigenvalue weighted by molar-refractivity contribution is 0.0240. The minimum absolute atomic E-state index is 0.0350. The van der Waals surface area contributed by atoms with Gasteiger partial charge in [-0.25, -0.2) is 4.79 Å². The largest absolute Gasteiger partial charge is 0.459 e. The molecule has 38 heavy (non-hydrogen) atoms. The van der Waals surface area contributed by atoms with Crippen LogP contribution in [0.15, 0.2) is 75.8 Å². The second kappa shape index (κ2) is 10.4. The molecular formula is C28H29N5O5. The van der Waals surface area contributed by atoms with Crippen LogP contribution in [-0.2, 0) is 4.74 Å². The molecular weight excluding hydrogens is 486 g/mol. The number of carbonyl (C=O) groups is 2. The number of aromatic nitrogens is 2. The lowest BCUT2D eigenvalue weighted by Crippen LogP contribution is -2.50. The summed E-state index contributed by atoms with van der Waals surface area (Å²) in [5, 5.41) is 10.6. The van der Waals surface area contributed by atoms with E-state index in [9.17, 15) is 9.59 Å². The van der Waals surface area contributed by atoms with Crippen LogP contribution in [0, 0.1) is 0 Å². The summed E-state index contributed by atoms with van der Waals surface area (Å²) in [5.74, 6) is 0.191. The molecule has 196 valence electrons. The maximum Gasteiger partial charge on any atom is 0.410 e. The molecule has 1 fully saturated rings. The van der Waals surface area contributed by atoms with Gasteiger partial charge in [0.25, 0.3) is 11.8 Å². The molecule has 0 radical (unpaired) electrons. The minimum atomic E-state index is -0.557. The smallest absolute Gasteiger partial charge is 0.410 e. The van der Waals surface area contributed by atoms with Gasteiger partial charge in [0.05, 0.1) is 11.8 Å². The maximum atomic E-state index is 13.5. The monoisotopic (exact) mass is 515 g/mol. The van der Waals surface area contributed by atoms with E-state index in [1.54, 1.807) is 17.0 Å². The molecule has 2 aromatic heterocycles. The summed E-state index contributed by atoms with van der Waals surface area (Å²) in [4.78, 5) is 29.8. The number of ether oxygens (including phenoxy) is 1. The number of anilines is 2. The standard InChI is InChI=1S/C28H29N5O5/c1-28(2,3)38-27(35)33-15-13-32(14-16-33)22-12-11-20(19-8-5-4-6-9-19)18-21(22)24(34)29-26-31-30-25(37-26)23-10-7-17-36-23/h4-12,17-18H,13-16H2,1-3H3,(H,29,31,34). The lowest BCUT2D eigenvalue weighted by Gasteiger charge is -2.37. The molecule has 10 heteroatoms. The van der Waals surface area contributed by atoms with Crippen LogP contribution < -0.4 is 10.2 Å². The van der Waals surface area contributed by atoms with Gasteiger partial charge in [0.1, 0.15) is 5.60 Å². The second-order valence-electron chi connectivity index (χ2n) is 9.90. The molecule has 1 aliphatic heterocycles. The minimum Gasteiger partial charge on any atom is -0.459 e. The number of rotatable bonds is 5. The summed E-state index contributed by atoms with van der Waals surface area (Å²) < 4.78 is 16.4. The summed E-state index contributed by atoms with van der Waals surface area (Å²) >= 11 is 0. The van der Waals surface area contributed by atoms with E-state index in [1.807, 2.05) is 69.3 Å². The van der Waals surface area contributed by atoms with Gasteiger partial charge in [0, 0.05) is 31.9 Å². The molecule has 2 aromatic carbocycles. The Bertz CT molecular complexity index is 1400. The molecule has 3 heterocycles. The number of furan rings is 1. The first-order valence-electron chi connectivity index (χ1n) is 12.4. The first-order chi connectivity index (χ1) is 18.3. The van der Waals surface area contributed by atoms with Crippen LogP contribution in [0.5, 0.6) is 0 Å². The SMILES string of the molecule is CC(C)(C)OC(=O)N1CCN(c2ccc(-c3ccccc3)cc2C(=O)Nc2nnc(-c3ccco3)o2)CC1. The van der Waals surface area contributed by atoms with Gasteiger partial charge in [-0.1, -0.05) is 41.5 Å². The zero-order valence-electron chi connectivity index (χ0n) is 21.5. The molecule has 0 saturated carbocycles. The van der Waals surface area contributed by atoms with Gasteiger partial charge in [-0.15, -0.1) is 5.10 Å². The van der Waals surface area contributed by atoms with E-state index >= 15 is 0 Å². The van der Waals surface area contributed by atoms with Crippen LogP contribution in [-0.4, -0.2) is 58.9 Å². The molecule has 4 aromatic rings. The molecule has 5 rings (SSSR count). The van der Waals surface area contributed by atoms with Crippen molar-refractivity contribution in [2.24, 2.45) is 0 Å². The summed E-state index contributed by atoms with van der Waals surface area (Å²) in [5.41, 5.74) is 2.53. The predicted molar refractivity (Wildman–Crippen MR) is 142 cm³/mol. The van der Waals surface area contributed by atoms with Gasteiger partial charge in [0.2, 0.25) is 0 Å². The topological polar surface area (TPSA) is 114 Å². The van der Waals surface area contributed by atoms with Crippen LogP contribution in [0.1, 0.15) is 31.1 Å². The normalized spacial score (nSPS) is 13.9. The fourth-order valence-electron chi connectivity index (χ4n) is 4.20. The average Bonchev–Trinajstić information content (AvgIpc) is 3.60. The first-order valence-corrected chi connectivity index (χ1v) is 12.4. The first kappa shape index (κ1) is 25.1. The molecule has 1 N–H and O–H groups in total. The van der Waals surface area contributed by atoms with Gasteiger partial charge in [0.15, 0.2) is 5.76 Å². The van der Waals surface area contributed by atoms with Crippen molar-refractivity contribution in [3.63, 3.8) is 0 Å². The van der Waals surface area contributed by atoms with Gasteiger partial charge in [-0.05, 0) is 56.2 Å². The molecule has 1 aliphatic rings. The van der Waals surface area contributed by atoms with Crippen molar-refractivity contribution >= 4 is 23.7 Å². The third kappa shape index (κ3) is 5.69. The van der Waals surface area contributed by atoms with Crippen LogP contribution >= 0.6 is 0 Å². The molecule has 2 amide bonds. The molecule has 0 spiro atoms. The molecule has 10 nitrogen and oxygen atoms in total. The Morgan fingerprint density at radius 3 is 2.37 bits per heavy atom. The van der Waals surface area contributed by atoms with E-state index in [-0.39, 0.29) is 23.9 Å². The van der Waals surface area contributed by atoms with Crippen LogP contribution in [0.25, 0.3) is 22.8 Å². The van der Waals surface area contributed by atoms with Crippen LogP contribution in [0.3, 0.4) is 0 Å². The highest BCUT2D eigenvalue weighted by Gasteiger charge is 2.28. The third-order valence-electron chi connectivity index (χ3n) is 6.00. The van der Waals surface area contributed by atoms with Crippen molar-refractivity contribution in [1.82, 2.24) is 15.1 Å². The van der Waals surface area contributed by atoms with Gasteiger partial charge >= 0.3 is 12.1 Å².